The number of hydrogen-bond acceptors (Lipinski definition) is 7. The molecule has 0 saturated carbocycles. The van der Waals surface area contributed by atoms with Gasteiger partial charge in [-0.2, -0.15) is 0 Å². The van der Waals surface area contributed by atoms with E-state index in [0.29, 0.717) is 10.7 Å². The summed E-state index contributed by atoms with van der Waals surface area (Å²) in [5.74, 6) is 0. The van der Waals surface area contributed by atoms with Gasteiger partial charge < -0.3 is 0 Å². The fraction of sp³-hybridized carbons (Fsp3) is 0.111. The molecule has 5 nitrogen and oxygen atoms in total. The summed E-state index contributed by atoms with van der Waals surface area (Å²) in [5, 5.41) is 11.4. The second-order valence-corrected chi connectivity index (χ2v) is 6.46. The minimum Gasteiger partial charge on any atom is -0.296 e. The van der Waals surface area contributed by atoms with Crippen molar-refractivity contribution in [2.45, 2.75) is 16.3 Å². The molecule has 0 aliphatic carbocycles. The first-order valence-electron chi connectivity index (χ1n) is 4.66. The summed E-state index contributed by atoms with van der Waals surface area (Å²) >= 11 is 4.37. The van der Waals surface area contributed by atoms with E-state index in [4.69, 9.17) is 0 Å². The van der Waals surface area contributed by atoms with Gasteiger partial charge in [-0.15, -0.1) is 21.5 Å². The van der Waals surface area contributed by atoms with Gasteiger partial charge in [0.25, 0.3) is 0 Å². The predicted octanol–water partition coefficient (Wildman–Crippen LogP) is 2.52. The van der Waals surface area contributed by atoms with Crippen LogP contribution in [0.1, 0.15) is 15.5 Å². The molecule has 0 bridgehead atoms. The molecule has 0 aliphatic heterocycles. The Morgan fingerprint density at radius 3 is 3.06 bits per heavy atom. The molecule has 0 atom stereocenters. The number of aryl methyl sites for hydroxylation is 1. The van der Waals surface area contributed by atoms with E-state index in [1.165, 1.54) is 34.4 Å². The number of hydrogen-bond donors (Lipinski definition) is 0. The number of aromatic nitrogens is 4. The lowest BCUT2D eigenvalue weighted by Crippen LogP contribution is -1.88. The van der Waals surface area contributed by atoms with Gasteiger partial charge in [0.05, 0.1) is 0 Å². The van der Waals surface area contributed by atoms with E-state index in [9.17, 15) is 4.79 Å². The number of nitrogens with zero attached hydrogens (tertiary/aromatic N) is 4. The smallest absolute Gasteiger partial charge is 0.195 e. The molecule has 0 N–H and O–H groups in total. The Labute approximate surface area is 109 Å². The van der Waals surface area contributed by atoms with E-state index in [2.05, 4.69) is 15.2 Å². The first kappa shape index (κ1) is 10.9. The average molecular weight is 282 g/mol. The maximum absolute atomic E-state index is 11.1. The Morgan fingerprint density at radius 1 is 1.47 bits per heavy atom. The molecule has 8 heteroatoms. The van der Waals surface area contributed by atoms with Crippen molar-refractivity contribution < 1.29 is 4.79 Å². The van der Waals surface area contributed by atoms with Crippen molar-refractivity contribution >= 4 is 45.7 Å². The van der Waals surface area contributed by atoms with Crippen LogP contribution in [0.25, 0.3) is 4.96 Å². The van der Waals surface area contributed by atoms with Crippen molar-refractivity contribution in [3.63, 3.8) is 0 Å². The summed E-state index contributed by atoms with van der Waals surface area (Å²) in [4.78, 5) is 16.3. The molecular formula is C9H6N4OS3. The lowest BCUT2D eigenvalue weighted by Gasteiger charge is -1.92. The van der Waals surface area contributed by atoms with Crippen molar-refractivity contribution in [3.8, 4) is 0 Å². The van der Waals surface area contributed by atoms with Crippen molar-refractivity contribution in [1.29, 1.82) is 0 Å². The van der Waals surface area contributed by atoms with Crippen LogP contribution in [-0.4, -0.2) is 25.9 Å². The minimum absolute atomic E-state index is 0.569. The lowest BCUT2D eigenvalue weighted by atomic mass is 10.5. The molecule has 3 aromatic heterocycles. The van der Waals surface area contributed by atoms with E-state index in [1.54, 1.807) is 4.40 Å². The largest absolute Gasteiger partial charge is 0.296 e. The van der Waals surface area contributed by atoms with Crippen LogP contribution in [0, 0.1) is 6.92 Å². The van der Waals surface area contributed by atoms with Crippen molar-refractivity contribution in [2.75, 3.05) is 0 Å². The third-order valence-electron chi connectivity index (χ3n) is 2.07. The molecule has 0 unspecified atom stereocenters. The van der Waals surface area contributed by atoms with Crippen LogP contribution < -0.4 is 0 Å². The van der Waals surface area contributed by atoms with Gasteiger partial charge in [-0.1, -0.05) is 11.3 Å². The molecule has 3 rings (SSSR count). The van der Waals surface area contributed by atoms with E-state index in [0.717, 1.165) is 20.6 Å². The summed E-state index contributed by atoms with van der Waals surface area (Å²) in [6, 6.07) is 0. The molecule has 0 spiro atoms. The zero-order chi connectivity index (χ0) is 11.8. The lowest BCUT2D eigenvalue weighted by molar-refractivity contribution is 0.111. The molecule has 0 aliphatic rings. The molecule has 86 valence electrons. The number of carbonyl (C=O) groups is 1. The maximum atomic E-state index is 11.1. The second-order valence-electron chi connectivity index (χ2n) is 3.16. The van der Waals surface area contributed by atoms with Gasteiger partial charge in [-0.05, 0) is 18.7 Å². The van der Waals surface area contributed by atoms with Gasteiger partial charge in [0.1, 0.15) is 15.7 Å². The van der Waals surface area contributed by atoms with Crippen molar-refractivity contribution in [2.24, 2.45) is 0 Å². The zero-order valence-electron chi connectivity index (χ0n) is 8.65. The van der Waals surface area contributed by atoms with Crippen LogP contribution >= 0.6 is 34.4 Å². The van der Waals surface area contributed by atoms with Crippen LogP contribution in [0.5, 0.6) is 0 Å². The second kappa shape index (κ2) is 4.21. The minimum atomic E-state index is 0.569. The monoisotopic (exact) mass is 282 g/mol. The molecule has 17 heavy (non-hydrogen) atoms. The highest BCUT2D eigenvalue weighted by atomic mass is 32.2. The van der Waals surface area contributed by atoms with E-state index in [1.807, 2.05) is 18.5 Å². The van der Waals surface area contributed by atoms with Crippen molar-refractivity contribution in [3.05, 3.63) is 22.3 Å². The van der Waals surface area contributed by atoms with Crippen LogP contribution in [0.15, 0.2) is 20.9 Å². The molecule has 0 fully saturated rings. The molecule has 3 heterocycles. The van der Waals surface area contributed by atoms with Gasteiger partial charge in [-0.3, -0.25) is 9.20 Å². The number of fused-ring (bicyclic) bond motifs is 1. The van der Waals surface area contributed by atoms with E-state index in [-0.39, 0.29) is 0 Å². The SMILES string of the molecule is Cc1nnc(Sc2nc3sccn3c2C=O)s1. The van der Waals surface area contributed by atoms with Crippen LogP contribution in [0.3, 0.4) is 0 Å². The van der Waals surface area contributed by atoms with Crippen LogP contribution in [0.2, 0.25) is 0 Å². The number of carbonyl (C=O) groups excluding carboxylic acids is 1. The molecule has 0 amide bonds. The van der Waals surface area contributed by atoms with Gasteiger partial charge in [-0.25, -0.2) is 4.98 Å². The first-order chi connectivity index (χ1) is 8.28. The molecular weight excluding hydrogens is 276 g/mol. The van der Waals surface area contributed by atoms with Gasteiger partial charge in [0.2, 0.25) is 0 Å². The summed E-state index contributed by atoms with van der Waals surface area (Å²) in [7, 11) is 0. The predicted molar refractivity (Wildman–Crippen MR) is 67.2 cm³/mol. The zero-order valence-corrected chi connectivity index (χ0v) is 11.1. The molecule has 0 saturated heterocycles. The number of aldehydes is 1. The van der Waals surface area contributed by atoms with Gasteiger partial charge in [0, 0.05) is 11.6 Å². The van der Waals surface area contributed by atoms with E-state index < -0.39 is 0 Å². The van der Waals surface area contributed by atoms with Gasteiger partial charge in [0.15, 0.2) is 15.6 Å². The Hall–Kier alpha value is -1.25. The Morgan fingerprint density at radius 2 is 2.35 bits per heavy atom. The highest BCUT2D eigenvalue weighted by Crippen LogP contribution is 2.32. The van der Waals surface area contributed by atoms with Gasteiger partial charge >= 0.3 is 0 Å². The normalized spacial score (nSPS) is 11.1. The summed E-state index contributed by atoms with van der Waals surface area (Å²) in [6.45, 7) is 1.90. The standard InChI is InChI=1S/C9H6N4OS3/c1-5-11-12-9(16-5)17-7-6(4-14)13-2-3-15-8(13)10-7/h2-4H,1H3. The fourth-order valence-electron chi connectivity index (χ4n) is 1.37. The topological polar surface area (TPSA) is 60.1 Å². The molecule has 3 aromatic rings. The third-order valence-corrected chi connectivity index (χ3v) is 4.71. The van der Waals surface area contributed by atoms with Crippen LogP contribution in [-0.2, 0) is 0 Å². The fourth-order valence-corrected chi connectivity index (χ4v) is 3.96. The summed E-state index contributed by atoms with van der Waals surface area (Å²) in [5.41, 5.74) is 0.569. The Bertz CT molecular complexity index is 683. The van der Waals surface area contributed by atoms with Crippen molar-refractivity contribution in [1.82, 2.24) is 19.6 Å². The Kier molecular flexibility index (Phi) is 2.69. The summed E-state index contributed by atoms with van der Waals surface area (Å²) < 4.78 is 2.59. The summed E-state index contributed by atoms with van der Waals surface area (Å²) in [6.07, 6.45) is 2.66. The highest BCUT2D eigenvalue weighted by Gasteiger charge is 2.15. The first-order valence-corrected chi connectivity index (χ1v) is 7.18. The number of rotatable bonds is 3. The maximum Gasteiger partial charge on any atom is 0.195 e. The molecule has 0 aromatic carbocycles. The van der Waals surface area contributed by atoms with Crippen LogP contribution in [0.4, 0.5) is 0 Å². The quantitative estimate of drug-likeness (QED) is 0.691. The van der Waals surface area contributed by atoms with E-state index >= 15 is 0 Å². The number of imidazole rings is 1. The average Bonchev–Trinajstić information content (AvgIpc) is 2.95. The number of thiazole rings is 1. The highest BCUT2D eigenvalue weighted by molar-refractivity contribution is 8.01. The Balaban J connectivity index is 2.04. The molecule has 0 radical (unpaired) electrons. The third kappa shape index (κ3) is 1.88.